The highest BCUT2D eigenvalue weighted by Gasteiger charge is 2.47. The number of amides is 1. The number of likely N-dealkylation sites (tertiary alicyclic amines) is 2. The molecule has 2 saturated heterocycles. The van der Waals surface area contributed by atoms with Crippen LogP contribution in [-0.4, -0.2) is 51.7 Å². The van der Waals surface area contributed by atoms with E-state index in [-0.39, 0.29) is 11.3 Å². The van der Waals surface area contributed by atoms with Gasteiger partial charge in [-0.15, -0.1) is 0 Å². The third-order valence-electron chi connectivity index (χ3n) is 6.04. The highest BCUT2D eigenvalue weighted by molar-refractivity contribution is 5.84. The molecule has 1 aromatic carbocycles. The molecule has 2 aromatic rings. The van der Waals surface area contributed by atoms with Gasteiger partial charge in [-0.1, -0.05) is 6.07 Å². The van der Waals surface area contributed by atoms with Crippen molar-refractivity contribution in [2.24, 2.45) is 5.41 Å². The molecule has 4 rings (SSSR count). The number of benzene rings is 1. The molecule has 0 N–H and O–H groups in total. The molecule has 0 aliphatic carbocycles. The number of halogens is 2. The third kappa shape index (κ3) is 3.94. The van der Waals surface area contributed by atoms with E-state index in [0.29, 0.717) is 18.7 Å². The van der Waals surface area contributed by atoms with Crippen LogP contribution in [0, 0.1) is 17.0 Å². The summed E-state index contributed by atoms with van der Waals surface area (Å²) in [6.45, 7) is 4.59. The standard InChI is InChI=1S/C21H26F2N4O/c22-18-5-4-17(14-19(18)23)15-26-10-1-6-21(20(26)28)7-13-25(16-21)9-3-12-27-11-2-8-24-27/h2,4-5,8,11,14H,1,3,6-7,9-10,12-13,15-16H2/t21-/m1/s1. The molecule has 1 spiro atoms. The van der Waals surface area contributed by atoms with Gasteiger partial charge >= 0.3 is 0 Å². The molecular weight excluding hydrogens is 362 g/mol. The van der Waals surface area contributed by atoms with Crippen molar-refractivity contribution in [2.45, 2.75) is 38.8 Å². The maximum atomic E-state index is 13.5. The molecule has 2 aliphatic heterocycles. The molecule has 0 unspecified atom stereocenters. The molecule has 2 aliphatic rings. The summed E-state index contributed by atoms with van der Waals surface area (Å²) in [6.07, 6.45) is 7.50. The number of aryl methyl sites for hydroxylation is 1. The van der Waals surface area contributed by atoms with Crippen molar-refractivity contribution in [1.29, 1.82) is 0 Å². The molecule has 2 fully saturated rings. The van der Waals surface area contributed by atoms with Crippen molar-refractivity contribution in [1.82, 2.24) is 19.6 Å². The lowest BCUT2D eigenvalue weighted by Crippen LogP contribution is -2.49. The normalized spacial score (nSPS) is 23.1. The SMILES string of the molecule is O=C1N(Cc2ccc(F)c(F)c2)CCC[C@]12CCN(CCCn1cccn1)C2. The highest BCUT2D eigenvalue weighted by atomic mass is 19.2. The number of carbonyl (C=O) groups excluding carboxylic acids is 1. The Kier molecular flexibility index (Phi) is 5.44. The molecule has 7 heteroatoms. The van der Waals surface area contributed by atoms with Gasteiger partial charge in [0.25, 0.3) is 0 Å². The lowest BCUT2D eigenvalue weighted by Gasteiger charge is -2.39. The Hall–Kier alpha value is -2.28. The Morgan fingerprint density at radius 1 is 1.11 bits per heavy atom. The van der Waals surface area contributed by atoms with Crippen LogP contribution in [0.4, 0.5) is 8.78 Å². The van der Waals surface area contributed by atoms with E-state index >= 15 is 0 Å². The summed E-state index contributed by atoms with van der Waals surface area (Å²) in [7, 11) is 0. The molecule has 5 nitrogen and oxygen atoms in total. The summed E-state index contributed by atoms with van der Waals surface area (Å²) in [6, 6.07) is 5.81. The molecule has 3 heterocycles. The van der Waals surface area contributed by atoms with Crippen LogP contribution < -0.4 is 0 Å². The van der Waals surface area contributed by atoms with Gasteiger partial charge in [-0.05, 0) is 62.5 Å². The lowest BCUT2D eigenvalue weighted by molar-refractivity contribution is -0.146. The van der Waals surface area contributed by atoms with E-state index in [9.17, 15) is 13.6 Å². The van der Waals surface area contributed by atoms with E-state index in [1.807, 2.05) is 21.8 Å². The van der Waals surface area contributed by atoms with E-state index in [0.717, 1.165) is 57.9 Å². The summed E-state index contributed by atoms with van der Waals surface area (Å²) >= 11 is 0. The third-order valence-corrected chi connectivity index (χ3v) is 6.04. The number of hydrogen-bond donors (Lipinski definition) is 0. The monoisotopic (exact) mass is 388 g/mol. The average Bonchev–Trinajstić information content (AvgIpc) is 3.33. The molecule has 28 heavy (non-hydrogen) atoms. The van der Waals surface area contributed by atoms with E-state index in [1.54, 1.807) is 12.3 Å². The van der Waals surface area contributed by atoms with Gasteiger partial charge in [-0.25, -0.2) is 8.78 Å². The van der Waals surface area contributed by atoms with Gasteiger partial charge in [0, 0.05) is 38.6 Å². The van der Waals surface area contributed by atoms with Crippen molar-refractivity contribution in [3.63, 3.8) is 0 Å². The van der Waals surface area contributed by atoms with E-state index in [2.05, 4.69) is 10.00 Å². The van der Waals surface area contributed by atoms with Crippen LogP contribution in [0.2, 0.25) is 0 Å². The molecular formula is C21H26F2N4O. The number of piperidine rings is 1. The largest absolute Gasteiger partial charge is 0.338 e. The highest BCUT2D eigenvalue weighted by Crippen LogP contribution is 2.40. The summed E-state index contributed by atoms with van der Waals surface area (Å²) < 4.78 is 28.6. The first kappa shape index (κ1) is 19.1. The quantitative estimate of drug-likeness (QED) is 0.764. The molecule has 1 amide bonds. The minimum absolute atomic E-state index is 0.165. The molecule has 150 valence electrons. The van der Waals surface area contributed by atoms with Crippen molar-refractivity contribution < 1.29 is 13.6 Å². The van der Waals surface area contributed by atoms with Gasteiger partial charge in [0.05, 0.1) is 5.41 Å². The fraction of sp³-hybridized carbons (Fsp3) is 0.524. The topological polar surface area (TPSA) is 41.4 Å². The van der Waals surface area contributed by atoms with Gasteiger partial charge in [0.1, 0.15) is 0 Å². The minimum Gasteiger partial charge on any atom is -0.338 e. The van der Waals surface area contributed by atoms with Crippen LogP contribution in [-0.2, 0) is 17.9 Å². The molecule has 0 radical (unpaired) electrons. The number of hydrogen-bond acceptors (Lipinski definition) is 3. The maximum Gasteiger partial charge on any atom is 0.230 e. The Morgan fingerprint density at radius 3 is 2.79 bits per heavy atom. The lowest BCUT2D eigenvalue weighted by atomic mass is 9.78. The van der Waals surface area contributed by atoms with E-state index < -0.39 is 11.6 Å². The van der Waals surface area contributed by atoms with Crippen molar-refractivity contribution in [3.05, 3.63) is 53.9 Å². The van der Waals surface area contributed by atoms with Gasteiger partial charge in [-0.2, -0.15) is 5.10 Å². The van der Waals surface area contributed by atoms with Crippen LogP contribution in [0.25, 0.3) is 0 Å². The summed E-state index contributed by atoms with van der Waals surface area (Å²) in [4.78, 5) is 17.4. The van der Waals surface area contributed by atoms with Gasteiger partial charge < -0.3 is 9.80 Å². The van der Waals surface area contributed by atoms with Crippen LogP contribution in [0.5, 0.6) is 0 Å². The van der Waals surface area contributed by atoms with Gasteiger partial charge in [0.2, 0.25) is 5.91 Å². The fourth-order valence-corrected chi connectivity index (χ4v) is 4.58. The zero-order valence-corrected chi connectivity index (χ0v) is 16.0. The Balaban J connectivity index is 1.35. The molecule has 0 saturated carbocycles. The van der Waals surface area contributed by atoms with Crippen LogP contribution >= 0.6 is 0 Å². The summed E-state index contributed by atoms with van der Waals surface area (Å²) in [5, 5.41) is 4.22. The number of rotatable bonds is 6. The molecule has 1 aromatic heterocycles. The van der Waals surface area contributed by atoms with Gasteiger partial charge in [-0.3, -0.25) is 9.48 Å². The predicted octanol–water partition coefficient (Wildman–Crippen LogP) is 3.07. The number of carbonyl (C=O) groups is 1. The Morgan fingerprint density at radius 2 is 2.00 bits per heavy atom. The maximum absolute atomic E-state index is 13.5. The van der Waals surface area contributed by atoms with Crippen molar-refractivity contribution >= 4 is 5.91 Å². The average molecular weight is 388 g/mol. The molecule has 1 atom stereocenters. The first-order valence-corrected chi connectivity index (χ1v) is 9.99. The van der Waals surface area contributed by atoms with Gasteiger partial charge in [0.15, 0.2) is 11.6 Å². The number of aromatic nitrogens is 2. The molecule has 0 bridgehead atoms. The Labute approximate surface area is 163 Å². The fourth-order valence-electron chi connectivity index (χ4n) is 4.58. The van der Waals surface area contributed by atoms with Crippen LogP contribution in [0.3, 0.4) is 0 Å². The summed E-state index contributed by atoms with van der Waals surface area (Å²) in [5.41, 5.74) is 0.320. The number of nitrogens with zero attached hydrogens (tertiary/aromatic N) is 4. The van der Waals surface area contributed by atoms with Crippen LogP contribution in [0.15, 0.2) is 36.7 Å². The second-order valence-corrected chi connectivity index (χ2v) is 8.01. The predicted molar refractivity (Wildman–Crippen MR) is 101 cm³/mol. The smallest absolute Gasteiger partial charge is 0.230 e. The second-order valence-electron chi connectivity index (χ2n) is 8.01. The summed E-state index contributed by atoms with van der Waals surface area (Å²) in [5.74, 6) is -1.55. The minimum atomic E-state index is -0.860. The second kappa shape index (κ2) is 7.99. The zero-order chi connectivity index (χ0) is 19.6. The Bertz CT molecular complexity index is 826. The first-order valence-electron chi connectivity index (χ1n) is 9.99. The van der Waals surface area contributed by atoms with Crippen molar-refractivity contribution in [2.75, 3.05) is 26.2 Å². The van der Waals surface area contributed by atoms with E-state index in [1.165, 1.54) is 6.07 Å². The van der Waals surface area contributed by atoms with E-state index in [4.69, 9.17) is 0 Å². The first-order chi connectivity index (χ1) is 13.6. The zero-order valence-electron chi connectivity index (χ0n) is 16.0. The van der Waals surface area contributed by atoms with Crippen molar-refractivity contribution in [3.8, 4) is 0 Å². The van der Waals surface area contributed by atoms with Crippen LogP contribution in [0.1, 0.15) is 31.2 Å².